The molecule has 12 heavy (non-hydrogen) atoms. The van der Waals surface area contributed by atoms with Gasteiger partial charge >= 0.3 is 0 Å². The zero-order valence-corrected chi connectivity index (χ0v) is 6.89. The average Bonchev–Trinajstić information content (AvgIpc) is 2.47. The summed E-state index contributed by atoms with van der Waals surface area (Å²) in [6, 6.07) is 0. The Morgan fingerprint density at radius 3 is 3.25 bits per heavy atom. The predicted octanol–water partition coefficient (Wildman–Crippen LogP) is 0.685. The van der Waals surface area contributed by atoms with E-state index in [2.05, 4.69) is 10.2 Å². The second kappa shape index (κ2) is 2.71. The van der Waals surface area contributed by atoms with Crippen LogP contribution in [0.5, 0.6) is 0 Å². The van der Waals surface area contributed by atoms with Crippen LogP contribution in [0.2, 0.25) is 0 Å². The number of carbonyl (C=O) groups is 1. The first-order valence-electron chi connectivity index (χ1n) is 3.94. The third-order valence-electron chi connectivity index (χ3n) is 2.03. The Morgan fingerprint density at radius 2 is 2.50 bits per heavy atom. The van der Waals surface area contributed by atoms with Crippen molar-refractivity contribution >= 4 is 5.78 Å². The van der Waals surface area contributed by atoms with Crippen LogP contribution in [0.25, 0.3) is 0 Å². The van der Waals surface area contributed by atoms with Crippen molar-refractivity contribution < 1.29 is 9.53 Å². The van der Waals surface area contributed by atoms with Crippen LogP contribution in [0.4, 0.5) is 0 Å². The molecular weight excluding hydrogens is 156 g/mol. The summed E-state index contributed by atoms with van der Waals surface area (Å²) < 4.78 is 5.21. The first kappa shape index (κ1) is 7.49. The number of rotatable bonds is 1. The molecule has 0 amide bonds. The van der Waals surface area contributed by atoms with E-state index in [0.29, 0.717) is 18.9 Å². The number of H-pyrrole nitrogens is 1. The third-order valence-corrected chi connectivity index (χ3v) is 2.03. The molecule has 0 saturated heterocycles. The van der Waals surface area contributed by atoms with Crippen molar-refractivity contribution in [1.82, 2.24) is 10.2 Å². The van der Waals surface area contributed by atoms with Crippen molar-refractivity contribution in [3.8, 4) is 0 Å². The minimum atomic E-state index is 0.0226. The van der Waals surface area contributed by atoms with Gasteiger partial charge in [-0.2, -0.15) is 5.10 Å². The molecule has 0 fully saturated rings. The van der Waals surface area contributed by atoms with Crippen molar-refractivity contribution in [2.45, 2.75) is 20.0 Å². The summed E-state index contributed by atoms with van der Waals surface area (Å²) >= 11 is 0. The van der Waals surface area contributed by atoms with Gasteiger partial charge in [0.1, 0.15) is 5.69 Å². The number of nitrogens with one attached hydrogen (secondary N) is 1. The van der Waals surface area contributed by atoms with Crippen molar-refractivity contribution in [3.63, 3.8) is 0 Å². The Hall–Kier alpha value is -1.16. The van der Waals surface area contributed by atoms with Gasteiger partial charge in [-0.25, -0.2) is 0 Å². The first-order chi connectivity index (χ1) is 5.79. The molecule has 0 aromatic carbocycles. The van der Waals surface area contributed by atoms with Crippen LogP contribution in [-0.4, -0.2) is 22.6 Å². The van der Waals surface area contributed by atoms with Gasteiger partial charge in [0.15, 0.2) is 5.78 Å². The summed E-state index contributed by atoms with van der Waals surface area (Å²) in [7, 11) is 0. The number of hydrogen-bond acceptors (Lipinski definition) is 3. The van der Waals surface area contributed by atoms with Crippen molar-refractivity contribution in [2.75, 3.05) is 6.61 Å². The topological polar surface area (TPSA) is 55.0 Å². The van der Waals surface area contributed by atoms with Gasteiger partial charge in [0.2, 0.25) is 0 Å². The van der Waals surface area contributed by atoms with E-state index in [1.165, 1.54) is 6.92 Å². The third kappa shape index (κ3) is 1.04. The second-order valence-electron chi connectivity index (χ2n) is 2.89. The van der Waals surface area contributed by atoms with E-state index in [1.54, 1.807) is 0 Å². The fourth-order valence-corrected chi connectivity index (χ4v) is 1.43. The summed E-state index contributed by atoms with van der Waals surface area (Å²) in [6.45, 7) is 2.77. The maximum absolute atomic E-state index is 11.1. The molecule has 2 heterocycles. The van der Waals surface area contributed by atoms with E-state index >= 15 is 0 Å². The van der Waals surface area contributed by atoms with E-state index in [9.17, 15) is 4.79 Å². The smallest absolute Gasteiger partial charge is 0.180 e. The minimum Gasteiger partial charge on any atom is -0.375 e. The monoisotopic (exact) mass is 166 g/mol. The molecule has 0 atom stereocenters. The van der Waals surface area contributed by atoms with Crippen molar-refractivity contribution in [3.05, 3.63) is 17.0 Å². The van der Waals surface area contributed by atoms with Crippen LogP contribution >= 0.6 is 0 Å². The summed E-state index contributed by atoms with van der Waals surface area (Å²) in [5.74, 6) is 0.0226. The Labute approximate surface area is 69.9 Å². The molecule has 4 heteroatoms. The van der Waals surface area contributed by atoms with E-state index in [4.69, 9.17) is 4.74 Å². The molecule has 0 saturated carbocycles. The number of aromatic nitrogens is 2. The molecule has 0 radical (unpaired) electrons. The summed E-state index contributed by atoms with van der Waals surface area (Å²) in [5.41, 5.74) is 2.56. The number of nitrogens with zero attached hydrogens (tertiary/aromatic N) is 1. The van der Waals surface area contributed by atoms with Gasteiger partial charge in [-0.3, -0.25) is 9.89 Å². The SMILES string of the molecule is CC(=O)c1n[nH]c2c1CCOC2. The van der Waals surface area contributed by atoms with Crippen molar-refractivity contribution in [1.29, 1.82) is 0 Å². The molecule has 0 spiro atoms. The van der Waals surface area contributed by atoms with Gasteiger partial charge in [-0.05, 0) is 6.42 Å². The lowest BCUT2D eigenvalue weighted by atomic mass is 10.1. The molecule has 0 aliphatic carbocycles. The lowest BCUT2D eigenvalue weighted by molar-refractivity contribution is 0.0996. The van der Waals surface area contributed by atoms with Gasteiger partial charge in [-0.1, -0.05) is 0 Å². The van der Waals surface area contributed by atoms with E-state index < -0.39 is 0 Å². The highest BCUT2D eigenvalue weighted by Crippen LogP contribution is 2.17. The van der Waals surface area contributed by atoms with E-state index in [0.717, 1.165) is 17.7 Å². The Bertz CT molecular complexity index is 317. The summed E-state index contributed by atoms with van der Waals surface area (Å²) in [5, 5.41) is 6.75. The van der Waals surface area contributed by atoms with Gasteiger partial charge in [0.05, 0.1) is 18.9 Å². The lowest BCUT2D eigenvalue weighted by Crippen LogP contribution is -2.10. The highest BCUT2D eigenvalue weighted by Gasteiger charge is 2.19. The van der Waals surface area contributed by atoms with Gasteiger partial charge in [0.25, 0.3) is 0 Å². The van der Waals surface area contributed by atoms with Crippen LogP contribution in [0.3, 0.4) is 0 Å². The minimum absolute atomic E-state index is 0.0226. The molecule has 0 bridgehead atoms. The molecular formula is C8H10N2O2. The molecule has 1 aromatic rings. The van der Waals surface area contributed by atoms with Gasteiger partial charge in [-0.15, -0.1) is 0 Å². The molecule has 4 nitrogen and oxygen atoms in total. The van der Waals surface area contributed by atoms with Gasteiger partial charge < -0.3 is 4.74 Å². The molecule has 1 N–H and O–H groups in total. The number of aromatic amines is 1. The Balaban J connectivity index is 2.44. The summed E-state index contributed by atoms with van der Waals surface area (Å²) in [4.78, 5) is 11.1. The molecule has 1 aliphatic rings. The molecule has 0 unspecified atom stereocenters. The standard InChI is InChI=1S/C8H10N2O2/c1-5(11)8-6-2-3-12-4-7(6)9-10-8/h2-4H2,1H3,(H,9,10). The number of ketones is 1. The van der Waals surface area contributed by atoms with Crippen LogP contribution < -0.4 is 0 Å². The first-order valence-corrected chi connectivity index (χ1v) is 3.94. The molecule has 64 valence electrons. The average molecular weight is 166 g/mol. The van der Waals surface area contributed by atoms with Crippen LogP contribution in [-0.2, 0) is 17.8 Å². The largest absolute Gasteiger partial charge is 0.375 e. The van der Waals surface area contributed by atoms with Crippen LogP contribution in [0.1, 0.15) is 28.7 Å². The number of ether oxygens (including phenoxy) is 1. The molecule has 1 aliphatic heterocycles. The normalized spacial score (nSPS) is 15.8. The predicted molar refractivity (Wildman–Crippen MR) is 42.0 cm³/mol. The zero-order valence-electron chi connectivity index (χ0n) is 6.89. The van der Waals surface area contributed by atoms with Crippen molar-refractivity contribution in [2.24, 2.45) is 0 Å². The van der Waals surface area contributed by atoms with E-state index in [1.807, 2.05) is 0 Å². The van der Waals surface area contributed by atoms with Crippen LogP contribution in [0, 0.1) is 0 Å². The van der Waals surface area contributed by atoms with Crippen LogP contribution in [0.15, 0.2) is 0 Å². The highest BCUT2D eigenvalue weighted by atomic mass is 16.5. The Morgan fingerprint density at radius 1 is 1.67 bits per heavy atom. The Kier molecular flexibility index (Phi) is 1.69. The van der Waals surface area contributed by atoms with Gasteiger partial charge in [0, 0.05) is 12.5 Å². The highest BCUT2D eigenvalue weighted by molar-refractivity contribution is 5.93. The van der Waals surface area contributed by atoms with E-state index in [-0.39, 0.29) is 5.78 Å². The summed E-state index contributed by atoms with van der Waals surface area (Å²) in [6.07, 6.45) is 0.792. The number of hydrogen-bond donors (Lipinski definition) is 1. The quantitative estimate of drug-likeness (QED) is 0.624. The fourth-order valence-electron chi connectivity index (χ4n) is 1.43. The molecule has 1 aromatic heterocycles. The molecule has 2 rings (SSSR count). The number of fused-ring (bicyclic) bond motifs is 1. The zero-order chi connectivity index (χ0) is 8.55. The fraction of sp³-hybridized carbons (Fsp3) is 0.500. The second-order valence-corrected chi connectivity index (χ2v) is 2.89. The lowest BCUT2D eigenvalue weighted by Gasteiger charge is -2.11. The maximum Gasteiger partial charge on any atom is 0.180 e. The number of Topliss-reactive ketones (excluding diaryl/α,β-unsaturated/α-hetero) is 1. The number of carbonyl (C=O) groups excluding carboxylic acids is 1. The maximum atomic E-state index is 11.1.